The van der Waals surface area contributed by atoms with E-state index in [2.05, 4.69) is 5.32 Å². The standard InChI is InChI=1S/C26H23ClFN3O3/c27-21-10-11-23(28)22(16-21)26(34)31-14-12-30(13-15-31)24(32)17-29-25(33)20-8-6-19(7-9-20)18-4-2-1-3-5-18/h1-11,16H,12-15,17H2,(H,29,33). The highest BCUT2D eigenvalue weighted by molar-refractivity contribution is 6.31. The Labute approximate surface area is 201 Å². The predicted molar refractivity (Wildman–Crippen MR) is 128 cm³/mol. The van der Waals surface area contributed by atoms with Gasteiger partial charge in [-0.2, -0.15) is 0 Å². The van der Waals surface area contributed by atoms with Crippen molar-refractivity contribution in [2.45, 2.75) is 0 Å². The van der Waals surface area contributed by atoms with Crippen LogP contribution >= 0.6 is 11.6 Å². The van der Waals surface area contributed by atoms with E-state index in [0.29, 0.717) is 18.7 Å². The van der Waals surface area contributed by atoms with Gasteiger partial charge >= 0.3 is 0 Å². The minimum Gasteiger partial charge on any atom is -0.343 e. The number of hydrogen-bond acceptors (Lipinski definition) is 3. The van der Waals surface area contributed by atoms with Crippen LogP contribution in [0.3, 0.4) is 0 Å². The highest BCUT2D eigenvalue weighted by atomic mass is 35.5. The third kappa shape index (κ3) is 5.43. The lowest BCUT2D eigenvalue weighted by atomic mass is 10.0. The van der Waals surface area contributed by atoms with Crippen LogP contribution in [0.1, 0.15) is 20.7 Å². The van der Waals surface area contributed by atoms with Gasteiger partial charge in [-0.25, -0.2) is 4.39 Å². The average molecular weight is 480 g/mol. The summed E-state index contributed by atoms with van der Waals surface area (Å²) in [6.07, 6.45) is 0. The summed E-state index contributed by atoms with van der Waals surface area (Å²) >= 11 is 5.88. The van der Waals surface area contributed by atoms with Crippen LogP contribution in [-0.4, -0.2) is 60.2 Å². The van der Waals surface area contributed by atoms with Crippen LogP contribution in [0.15, 0.2) is 72.8 Å². The van der Waals surface area contributed by atoms with E-state index in [1.54, 1.807) is 17.0 Å². The second-order valence-electron chi connectivity index (χ2n) is 7.92. The molecule has 4 rings (SSSR count). The summed E-state index contributed by atoms with van der Waals surface area (Å²) in [6.45, 7) is 0.996. The summed E-state index contributed by atoms with van der Waals surface area (Å²) in [5, 5.41) is 2.94. The molecule has 174 valence electrons. The number of carbonyl (C=O) groups excluding carboxylic acids is 3. The number of carbonyl (C=O) groups is 3. The fraction of sp³-hybridized carbons (Fsp3) is 0.192. The van der Waals surface area contributed by atoms with Crippen molar-refractivity contribution in [3.8, 4) is 11.1 Å². The molecule has 6 nitrogen and oxygen atoms in total. The summed E-state index contributed by atoms with van der Waals surface area (Å²) in [4.78, 5) is 40.7. The summed E-state index contributed by atoms with van der Waals surface area (Å²) < 4.78 is 14.0. The number of rotatable bonds is 5. The van der Waals surface area contributed by atoms with E-state index in [4.69, 9.17) is 11.6 Å². The smallest absolute Gasteiger partial charge is 0.257 e. The fourth-order valence-corrected chi connectivity index (χ4v) is 3.98. The topological polar surface area (TPSA) is 69.7 Å². The number of benzene rings is 3. The van der Waals surface area contributed by atoms with Crippen molar-refractivity contribution < 1.29 is 18.8 Å². The van der Waals surface area contributed by atoms with Gasteiger partial charge in [0.15, 0.2) is 0 Å². The van der Waals surface area contributed by atoms with Gasteiger partial charge in [-0.3, -0.25) is 14.4 Å². The monoisotopic (exact) mass is 479 g/mol. The van der Waals surface area contributed by atoms with Gasteiger partial charge in [-0.1, -0.05) is 54.1 Å². The molecule has 8 heteroatoms. The van der Waals surface area contributed by atoms with Crippen LogP contribution in [-0.2, 0) is 4.79 Å². The molecule has 1 saturated heterocycles. The van der Waals surface area contributed by atoms with Gasteiger partial charge < -0.3 is 15.1 Å². The first kappa shape index (κ1) is 23.4. The van der Waals surface area contributed by atoms with Crippen molar-refractivity contribution in [3.05, 3.63) is 94.8 Å². The lowest BCUT2D eigenvalue weighted by Crippen LogP contribution is -2.52. The van der Waals surface area contributed by atoms with Crippen LogP contribution in [0, 0.1) is 5.82 Å². The van der Waals surface area contributed by atoms with E-state index in [1.165, 1.54) is 17.0 Å². The first-order valence-electron chi connectivity index (χ1n) is 10.9. The molecule has 1 aliphatic heterocycles. The Morgan fingerprint density at radius 2 is 1.44 bits per heavy atom. The molecule has 0 bridgehead atoms. The minimum absolute atomic E-state index is 0.0853. The lowest BCUT2D eigenvalue weighted by molar-refractivity contribution is -0.131. The Morgan fingerprint density at radius 3 is 2.12 bits per heavy atom. The van der Waals surface area contributed by atoms with E-state index < -0.39 is 11.7 Å². The molecule has 0 spiro atoms. The van der Waals surface area contributed by atoms with Crippen molar-refractivity contribution >= 4 is 29.3 Å². The molecule has 3 amide bonds. The second-order valence-corrected chi connectivity index (χ2v) is 8.36. The Morgan fingerprint density at radius 1 is 0.824 bits per heavy atom. The lowest BCUT2D eigenvalue weighted by Gasteiger charge is -2.35. The van der Waals surface area contributed by atoms with E-state index >= 15 is 0 Å². The number of nitrogens with zero attached hydrogens (tertiary/aromatic N) is 2. The van der Waals surface area contributed by atoms with Crippen LogP contribution in [0.5, 0.6) is 0 Å². The van der Waals surface area contributed by atoms with Crippen molar-refractivity contribution in [2.75, 3.05) is 32.7 Å². The van der Waals surface area contributed by atoms with Gasteiger partial charge in [-0.15, -0.1) is 0 Å². The predicted octanol–water partition coefficient (Wildman–Crippen LogP) is 3.86. The van der Waals surface area contributed by atoms with Gasteiger partial charge in [0.25, 0.3) is 11.8 Å². The molecule has 1 aliphatic rings. The van der Waals surface area contributed by atoms with Crippen molar-refractivity contribution in [2.24, 2.45) is 0 Å². The second kappa shape index (κ2) is 10.5. The first-order valence-corrected chi connectivity index (χ1v) is 11.3. The summed E-state index contributed by atoms with van der Waals surface area (Å²) in [6, 6.07) is 20.9. The average Bonchev–Trinajstić information content (AvgIpc) is 2.88. The number of hydrogen-bond donors (Lipinski definition) is 1. The van der Waals surface area contributed by atoms with Gasteiger partial charge in [-0.05, 0) is 41.5 Å². The molecule has 0 saturated carbocycles. The SMILES string of the molecule is O=C(NCC(=O)N1CCN(C(=O)c2cc(Cl)ccc2F)CC1)c1ccc(-c2ccccc2)cc1. The number of halogens is 2. The summed E-state index contributed by atoms with van der Waals surface area (Å²) in [5.74, 6) is -1.67. The van der Waals surface area contributed by atoms with Crippen LogP contribution in [0.4, 0.5) is 4.39 Å². The quantitative estimate of drug-likeness (QED) is 0.604. The number of amides is 3. The molecule has 3 aromatic carbocycles. The normalized spacial score (nSPS) is 13.5. The molecular formula is C26H23ClFN3O3. The molecule has 0 aromatic heterocycles. The molecule has 0 radical (unpaired) electrons. The van der Waals surface area contributed by atoms with Crippen LogP contribution in [0.2, 0.25) is 5.02 Å². The molecule has 0 unspecified atom stereocenters. The Balaban J connectivity index is 1.27. The molecule has 34 heavy (non-hydrogen) atoms. The van der Waals surface area contributed by atoms with Gasteiger partial charge in [0.2, 0.25) is 5.91 Å². The summed E-state index contributed by atoms with van der Waals surface area (Å²) in [7, 11) is 0. The van der Waals surface area contributed by atoms with Crippen molar-refractivity contribution in [1.82, 2.24) is 15.1 Å². The van der Waals surface area contributed by atoms with E-state index in [-0.39, 0.29) is 42.0 Å². The van der Waals surface area contributed by atoms with Gasteiger partial charge in [0.05, 0.1) is 12.1 Å². The van der Waals surface area contributed by atoms with Gasteiger partial charge in [0.1, 0.15) is 5.82 Å². The minimum atomic E-state index is -0.632. The zero-order valence-electron chi connectivity index (χ0n) is 18.3. The molecule has 0 atom stereocenters. The fourth-order valence-electron chi connectivity index (χ4n) is 3.81. The molecule has 1 N–H and O–H groups in total. The van der Waals surface area contributed by atoms with Crippen LogP contribution < -0.4 is 5.32 Å². The van der Waals surface area contributed by atoms with Crippen molar-refractivity contribution in [3.63, 3.8) is 0 Å². The maximum absolute atomic E-state index is 14.0. The van der Waals surface area contributed by atoms with Gasteiger partial charge in [0, 0.05) is 36.8 Å². The molecule has 1 fully saturated rings. The zero-order chi connectivity index (χ0) is 24.1. The van der Waals surface area contributed by atoms with Crippen molar-refractivity contribution in [1.29, 1.82) is 0 Å². The Bertz CT molecular complexity index is 1190. The molecular weight excluding hydrogens is 457 g/mol. The van der Waals surface area contributed by atoms with Crippen LogP contribution in [0.25, 0.3) is 11.1 Å². The summed E-state index contributed by atoms with van der Waals surface area (Å²) in [5.41, 5.74) is 2.43. The first-order chi connectivity index (χ1) is 16.4. The Kier molecular flexibility index (Phi) is 7.23. The molecule has 1 heterocycles. The largest absolute Gasteiger partial charge is 0.343 e. The highest BCUT2D eigenvalue weighted by Crippen LogP contribution is 2.20. The Hall–Kier alpha value is -3.71. The maximum atomic E-state index is 14.0. The third-order valence-electron chi connectivity index (χ3n) is 5.73. The van der Waals surface area contributed by atoms with E-state index in [9.17, 15) is 18.8 Å². The number of piperazine rings is 1. The number of nitrogens with one attached hydrogen (secondary N) is 1. The molecule has 3 aromatic rings. The maximum Gasteiger partial charge on any atom is 0.257 e. The zero-order valence-corrected chi connectivity index (χ0v) is 19.1. The van der Waals surface area contributed by atoms with E-state index in [0.717, 1.165) is 17.2 Å². The molecule has 0 aliphatic carbocycles. The third-order valence-corrected chi connectivity index (χ3v) is 5.97. The van der Waals surface area contributed by atoms with E-state index in [1.807, 2.05) is 42.5 Å². The highest BCUT2D eigenvalue weighted by Gasteiger charge is 2.26.